The van der Waals surface area contributed by atoms with Crippen molar-refractivity contribution in [1.29, 1.82) is 0 Å². The number of halogens is 2. The number of aromatic nitrogens is 1. The Bertz CT molecular complexity index is 1440. The fourth-order valence-corrected chi connectivity index (χ4v) is 5.80. The molecule has 5 rings (SSSR count). The molecule has 1 aliphatic heterocycles. The summed E-state index contributed by atoms with van der Waals surface area (Å²) in [4.78, 5) is 17.7. The maximum Gasteiger partial charge on any atom is 0.278 e. The number of hydrogen-bond acceptors (Lipinski definition) is 4. The van der Waals surface area contributed by atoms with Crippen LogP contribution in [0.25, 0.3) is 10.9 Å². The van der Waals surface area contributed by atoms with E-state index in [1.165, 1.54) is 0 Å². The van der Waals surface area contributed by atoms with Crippen molar-refractivity contribution in [2.45, 2.75) is 52.6 Å². The molecule has 8 heteroatoms. The van der Waals surface area contributed by atoms with Crippen LogP contribution in [0.2, 0.25) is 0 Å². The third-order valence-corrected chi connectivity index (χ3v) is 8.03. The van der Waals surface area contributed by atoms with Crippen molar-refractivity contribution in [3.05, 3.63) is 94.6 Å². The Hall–Kier alpha value is -3.49. The summed E-state index contributed by atoms with van der Waals surface area (Å²) in [5, 5.41) is 0.783. The molecule has 0 spiro atoms. The number of morpholine rings is 1. The fourth-order valence-electron chi connectivity index (χ4n) is 5.80. The average molecular weight is 564 g/mol. The molecular weight excluding hydrogens is 524 g/mol. The number of nitrogens with zero attached hydrogens (tertiary/aromatic N) is 3. The summed E-state index contributed by atoms with van der Waals surface area (Å²) in [5.41, 5.74) is 4.50. The monoisotopic (exact) mass is 563 g/mol. The number of benzene rings is 2. The lowest BCUT2D eigenvalue weighted by molar-refractivity contribution is -0.132. The van der Waals surface area contributed by atoms with Crippen LogP contribution >= 0.6 is 0 Å². The zero-order valence-electron chi connectivity index (χ0n) is 24.0. The van der Waals surface area contributed by atoms with Crippen LogP contribution in [0.15, 0.2) is 65.3 Å². The minimum Gasteiger partial charge on any atom is -0.467 e. The quantitative estimate of drug-likeness (QED) is 0.197. The maximum atomic E-state index is 14.7. The number of furan rings is 1. The van der Waals surface area contributed by atoms with Gasteiger partial charge in [0.25, 0.3) is 6.43 Å². The van der Waals surface area contributed by atoms with E-state index in [1.807, 2.05) is 62.4 Å². The van der Waals surface area contributed by atoms with Gasteiger partial charge in [-0.1, -0.05) is 42.0 Å². The third kappa shape index (κ3) is 7.05. The van der Waals surface area contributed by atoms with Crippen LogP contribution < -0.4 is 0 Å². The van der Waals surface area contributed by atoms with Gasteiger partial charge in [-0.15, -0.1) is 0 Å². The van der Waals surface area contributed by atoms with Gasteiger partial charge in [-0.2, -0.15) is 0 Å². The lowest BCUT2D eigenvalue weighted by atomic mass is 10.0. The van der Waals surface area contributed by atoms with E-state index >= 15 is 0 Å². The number of fused-ring (bicyclic) bond motifs is 1. The zero-order valence-corrected chi connectivity index (χ0v) is 24.0. The van der Waals surface area contributed by atoms with Crippen molar-refractivity contribution in [3.8, 4) is 0 Å². The normalized spacial score (nSPS) is 14.3. The first-order chi connectivity index (χ1) is 19.9. The number of alkyl halides is 2. The molecule has 1 amide bonds. The van der Waals surface area contributed by atoms with Gasteiger partial charge in [0.1, 0.15) is 5.76 Å². The van der Waals surface area contributed by atoms with E-state index in [9.17, 15) is 13.6 Å². The molecule has 0 aliphatic carbocycles. The van der Waals surface area contributed by atoms with Crippen LogP contribution in [0.1, 0.15) is 53.0 Å². The summed E-state index contributed by atoms with van der Waals surface area (Å²) >= 11 is 0. The molecule has 0 bridgehead atoms. The number of carbonyl (C=O) groups excluding carboxylic acids is 1. The van der Waals surface area contributed by atoms with Crippen molar-refractivity contribution in [1.82, 2.24) is 14.4 Å². The van der Waals surface area contributed by atoms with Crippen molar-refractivity contribution in [2.75, 3.05) is 39.4 Å². The molecule has 2 aromatic carbocycles. The highest BCUT2D eigenvalue weighted by atomic mass is 19.3. The Morgan fingerprint density at radius 1 is 1.05 bits per heavy atom. The van der Waals surface area contributed by atoms with Gasteiger partial charge in [0.05, 0.1) is 31.7 Å². The largest absolute Gasteiger partial charge is 0.467 e. The molecule has 0 saturated carbocycles. The SMILES string of the molecule is Cc1ccc(C)c(Cn2c(C(F)F)c(CCC(=O)N(CCCN3CCOCC3)Cc3ccco3)c3ccccc32)c1. The Morgan fingerprint density at radius 3 is 2.61 bits per heavy atom. The minimum atomic E-state index is -2.66. The summed E-state index contributed by atoms with van der Waals surface area (Å²) in [5.74, 6) is 0.651. The van der Waals surface area contributed by atoms with Crippen LogP contribution in [-0.4, -0.2) is 59.7 Å². The Labute approximate surface area is 240 Å². The molecule has 0 radical (unpaired) electrons. The van der Waals surface area contributed by atoms with Crippen molar-refractivity contribution in [3.63, 3.8) is 0 Å². The number of ether oxygens (including phenoxy) is 1. The molecule has 1 aliphatic rings. The third-order valence-electron chi connectivity index (χ3n) is 8.03. The van der Waals surface area contributed by atoms with Crippen LogP contribution in [0.4, 0.5) is 8.78 Å². The van der Waals surface area contributed by atoms with E-state index in [1.54, 1.807) is 15.7 Å². The molecule has 1 saturated heterocycles. The first-order valence-corrected chi connectivity index (χ1v) is 14.4. The standard InChI is InChI=1S/C33H39F2N3O3/c1-24-10-11-25(2)26(21-24)22-38-30-9-4-3-8-28(30)29(32(38)33(34)35)12-13-31(39)37(23-27-7-5-18-41-27)15-6-14-36-16-19-40-20-17-36/h3-5,7-11,18,21,33H,6,12-17,19-20,22-23H2,1-2H3. The van der Waals surface area contributed by atoms with Crippen LogP contribution in [0.3, 0.4) is 0 Å². The Kier molecular flexibility index (Phi) is 9.52. The second-order valence-corrected chi connectivity index (χ2v) is 10.9. The fraction of sp³-hybridized carbons (Fsp3) is 0.424. The van der Waals surface area contributed by atoms with Gasteiger partial charge < -0.3 is 18.6 Å². The summed E-state index contributed by atoms with van der Waals surface area (Å²) in [6.07, 6.45) is 0.159. The molecule has 0 atom stereocenters. The van der Waals surface area contributed by atoms with Gasteiger partial charge in [-0.3, -0.25) is 9.69 Å². The van der Waals surface area contributed by atoms with Crippen LogP contribution in [-0.2, 0) is 29.0 Å². The predicted octanol–water partition coefficient (Wildman–Crippen LogP) is 6.52. The predicted molar refractivity (Wildman–Crippen MR) is 156 cm³/mol. The number of carbonyl (C=O) groups is 1. The van der Waals surface area contributed by atoms with Crippen molar-refractivity contribution >= 4 is 16.8 Å². The molecule has 6 nitrogen and oxygen atoms in total. The number of aryl methyl sites for hydroxylation is 3. The molecular formula is C33H39F2N3O3. The van der Waals surface area contributed by atoms with Gasteiger partial charge >= 0.3 is 0 Å². The molecule has 4 aromatic rings. The van der Waals surface area contributed by atoms with E-state index in [2.05, 4.69) is 11.0 Å². The molecule has 2 aromatic heterocycles. The topological polar surface area (TPSA) is 50.9 Å². The average Bonchev–Trinajstić information content (AvgIpc) is 3.60. The summed E-state index contributed by atoms with van der Waals surface area (Å²) in [6, 6.07) is 17.3. The number of hydrogen-bond donors (Lipinski definition) is 0. The first kappa shape index (κ1) is 29.0. The summed E-state index contributed by atoms with van der Waals surface area (Å²) in [6.45, 7) is 9.46. The summed E-state index contributed by atoms with van der Waals surface area (Å²) < 4.78 is 42.2. The van der Waals surface area contributed by atoms with Gasteiger partial charge in [-0.25, -0.2) is 8.78 Å². The van der Waals surface area contributed by atoms with Gasteiger partial charge in [0.2, 0.25) is 5.91 Å². The molecule has 41 heavy (non-hydrogen) atoms. The first-order valence-electron chi connectivity index (χ1n) is 14.4. The van der Waals surface area contributed by atoms with E-state index in [4.69, 9.17) is 9.15 Å². The molecule has 0 N–H and O–H groups in total. The number of para-hydroxylation sites is 1. The molecule has 218 valence electrons. The lowest BCUT2D eigenvalue weighted by Crippen LogP contribution is -2.39. The Morgan fingerprint density at radius 2 is 1.85 bits per heavy atom. The molecule has 0 unspecified atom stereocenters. The second-order valence-electron chi connectivity index (χ2n) is 10.9. The number of rotatable bonds is 12. The highest BCUT2D eigenvalue weighted by molar-refractivity contribution is 5.87. The highest BCUT2D eigenvalue weighted by Gasteiger charge is 2.26. The van der Waals surface area contributed by atoms with E-state index in [0.717, 1.165) is 66.9 Å². The number of amides is 1. The second kappa shape index (κ2) is 13.4. The summed E-state index contributed by atoms with van der Waals surface area (Å²) in [7, 11) is 0. The smallest absolute Gasteiger partial charge is 0.278 e. The lowest BCUT2D eigenvalue weighted by Gasteiger charge is -2.28. The highest BCUT2D eigenvalue weighted by Crippen LogP contribution is 2.35. The van der Waals surface area contributed by atoms with Crippen molar-refractivity contribution in [2.24, 2.45) is 0 Å². The van der Waals surface area contributed by atoms with Crippen LogP contribution in [0.5, 0.6) is 0 Å². The van der Waals surface area contributed by atoms with E-state index in [0.29, 0.717) is 31.0 Å². The Balaban J connectivity index is 1.36. The van der Waals surface area contributed by atoms with E-state index < -0.39 is 6.43 Å². The van der Waals surface area contributed by atoms with Gasteiger partial charge in [0, 0.05) is 50.0 Å². The minimum absolute atomic E-state index is 0.00445. The maximum absolute atomic E-state index is 14.7. The molecule has 1 fully saturated rings. The van der Waals surface area contributed by atoms with E-state index in [-0.39, 0.29) is 24.4 Å². The van der Waals surface area contributed by atoms with Gasteiger partial charge in [-0.05, 0) is 61.6 Å². The van der Waals surface area contributed by atoms with Gasteiger partial charge in [0.15, 0.2) is 0 Å². The zero-order chi connectivity index (χ0) is 28.8. The van der Waals surface area contributed by atoms with Crippen molar-refractivity contribution < 1.29 is 22.7 Å². The van der Waals surface area contributed by atoms with Crippen LogP contribution in [0, 0.1) is 13.8 Å². The molecule has 3 heterocycles.